The second kappa shape index (κ2) is 8.78. The summed E-state index contributed by atoms with van der Waals surface area (Å²) in [4.78, 5) is 2.46. The van der Waals surface area contributed by atoms with Crippen LogP contribution in [0.25, 0.3) is 22.3 Å². The topological polar surface area (TPSA) is 12.5 Å². The van der Waals surface area contributed by atoms with Crippen LogP contribution in [0.3, 0.4) is 0 Å². The van der Waals surface area contributed by atoms with E-state index in [1.54, 1.807) is 0 Å². The smallest absolute Gasteiger partial charge is 0.256 e. The molecule has 0 N–H and O–H groups in total. The summed E-state index contributed by atoms with van der Waals surface area (Å²) in [6.07, 6.45) is 0. The molecule has 8 rings (SSSR count). The number of ether oxygens (including phenoxy) is 1. The molecule has 6 aromatic rings. The molecule has 0 bridgehead atoms. The molecule has 0 saturated heterocycles. The van der Waals surface area contributed by atoms with Gasteiger partial charge in [0.1, 0.15) is 11.5 Å². The fourth-order valence-electron chi connectivity index (χ4n) is 6.31. The summed E-state index contributed by atoms with van der Waals surface area (Å²) >= 11 is 0. The van der Waals surface area contributed by atoms with Gasteiger partial charge in [-0.1, -0.05) is 121 Å². The van der Waals surface area contributed by atoms with Crippen molar-refractivity contribution in [3.8, 4) is 33.8 Å². The average Bonchev–Trinajstić information content (AvgIpc) is 3.01. The molecular formula is C36H24BNO. The molecule has 2 nitrogen and oxygen atoms in total. The number of hydrogen-bond donors (Lipinski definition) is 0. The lowest BCUT2D eigenvalue weighted by molar-refractivity contribution is 0.487. The predicted octanol–water partition coefficient (Wildman–Crippen LogP) is 7.43. The summed E-state index contributed by atoms with van der Waals surface area (Å²) in [7, 11) is 0. The summed E-state index contributed by atoms with van der Waals surface area (Å²) in [5.41, 5.74) is 12.0. The Kier molecular flexibility index (Phi) is 4.96. The van der Waals surface area contributed by atoms with Crippen molar-refractivity contribution < 1.29 is 4.74 Å². The van der Waals surface area contributed by atoms with E-state index in [0.29, 0.717) is 0 Å². The molecule has 3 heteroatoms. The lowest BCUT2D eigenvalue weighted by Crippen LogP contribution is -2.59. The number of rotatable bonds is 3. The van der Waals surface area contributed by atoms with Crippen molar-refractivity contribution in [2.24, 2.45) is 0 Å². The van der Waals surface area contributed by atoms with Gasteiger partial charge in [-0.05, 0) is 51.8 Å². The van der Waals surface area contributed by atoms with E-state index in [-0.39, 0.29) is 6.71 Å². The van der Waals surface area contributed by atoms with Crippen molar-refractivity contribution in [1.29, 1.82) is 0 Å². The van der Waals surface area contributed by atoms with E-state index in [9.17, 15) is 0 Å². The van der Waals surface area contributed by atoms with Crippen molar-refractivity contribution in [3.63, 3.8) is 0 Å². The molecule has 2 aliphatic heterocycles. The van der Waals surface area contributed by atoms with Crippen LogP contribution in [0, 0.1) is 0 Å². The maximum Gasteiger partial charge on any atom is 0.256 e. The molecule has 0 amide bonds. The molecule has 0 spiro atoms. The van der Waals surface area contributed by atoms with Crippen LogP contribution >= 0.6 is 0 Å². The zero-order valence-corrected chi connectivity index (χ0v) is 21.3. The number of benzene rings is 6. The molecule has 0 aliphatic carbocycles. The average molecular weight is 497 g/mol. The van der Waals surface area contributed by atoms with Gasteiger partial charge in [0.2, 0.25) is 0 Å². The van der Waals surface area contributed by atoms with E-state index in [1.807, 2.05) is 0 Å². The molecule has 0 saturated carbocycles. The van der Waals surface area contributed by atoms with Gasteiger partial charge >= 0.3 is 0 Å². The monoisotopic (exact) mass is 497 g/mol. The van der Waals surface area contributed by atoms with Gasteiger partial charge in [0.25, 0.3) is 6.71 Å². The quantitative estimate of drug-likeness (QED) is 0.236. The number of para-hydroxylation sites is 3. The Morgan fingerprint density at radius 3 is 1.69 bits per heavy atom. The van der Waals surface area contributed by atoms with E-state index < -0.39 is 0 Å². The Morgan fingerprint density at radius 2 is 0.974 bits per heavy atom. The Bertz CT molecular complexity index is 1790. The van der Waals surface area contributed by atoms with Crippen molar-refractivity contribution >= 4 is 40.2 Å². The number of anilines is 3. The second-order valence-electron chi connectivity index (χ2n) is 10.1. The third-order valence-electron chi connectivity index (χ3n) is 7.94. The number of fused-ring (bicyclic) bond motifs is 4. The Morgan fingerprint density at radius 1 is 0.436 bits per heavy atom. The van der Waals surface area contributed by atoms with Crippen LogP contribution in [0.4, 0.5) is 17.1 Å². The summed E-state index contributed by atoms with van der Waals surface area (Å²) in [6, 6.07) is 51.9. The Hall–Kier alpha value is -5.02. The molecule has 2 heterocycles. The molecule has 0 aromatic heterocycles. The minimum Gasteiger partial charge on any atom is -0.458 e. The SMILES string of the molecule is c1ccc(-c2cccc(-c3ccccc3)c2N2c3ccccc3B3c4ccccc4Oc4cccc2c43)cc1. The van der Waals surface area contributed by atoms with Gasteiger partial charge in [-0.3, -0.25) is 0 Å². The van der Waals surface area contributed by atoms with Crippen molar-refractivity contribution in [2.75, 3.05) is 4.90 Å². The summed E-state index contributed by atoms with van der Waals surface area (Å²) in [5, 5.41) is 0. The first-order valence-electron chi connectivity index (χ1n) is 13.4. The van der Waals surface area contributed by atoms with Crippen LogP contribution in [-0.4, -0.2) is 6.71 Å². The molecule has 0 unspecified atom stereocenters. The normalized spacial score (nSPS) is 12.7. The first-order valence-corrected chi connectivity index (χ1v) is 13.4. The molecule has 182 valence electrons. The van der Waals surface area contributed by atoms with Crippen molar-refractivity contribution in [2.45, 2.75) is 0 Å². The lowest BCUT2D eigenvalue weighted by Gasteiger charge is -2.41. The van der Waals surface area contributed by atoms with E-state index in [1.165, 1.54) is 50.0 Å². The maximum atomic E-state index is 6.53. The minimum atomic E-state index is 0.109. The first-order chi connectivity index (χ1) is 19.4. The maximum absolute atomic E-state index is 6.53. The Balaban J connectivity index is 1.48. The van der Waals surface area contributed by atoms with Gasteiger partial charge in [0.05, 0.1) is 5.69 Å². The molecule has 6 aromatic carbocycles. The van der Waals surface area contributed by atoms with Gasteiger partial charge in [-0.2, -0.15) is 0 Å². The van der Waals surface area contributed by atoms with Crippen LogP contribution in [0.2, 0.25) is 0 Å². The van der Waals surface area contributed by atoms with Crippen molar-refractivity contribution in [3.05, 3.63) is 146 Å². The van der Waals surface area contributed by atoms with Crippen LogP contribution < -0.4 is 26.0 Å². The van der Waals surface area contributed by atoms with Crippen LogP contribution in [0.5, 0.6) is 11.5 Å². The largest absolute Gasteiger partial charge is 0.458 e. The Labute approximate surface area is 228 Å². The summed E-state index contributed by atoms with van der Waals surface area (Å²) in [5.74, 6) is 1.86. The zero-order chi connectivity index (χ0) is 25.8. The zero-order valence-electron chi connectivity index (χ0n) is 21.3. The minimum absolute atomic E-state index is 0.109. The molecular weight excluding hydrogens is 473 g/mol. The fourth-order valence-corrected chi connectivity index (χ4v) is 6.31. The highest BCUT2D eigenvalue weighted by Gasteiger charge is 2.42. The van der Waals surface area contributed by atoms with Gasteiger partial charge in [-0.15, -0.1) is 0 Å². The standard InChI is InChI=1S/C36H24BNO/c1-3-13-25(14-4-1)27-17-11-18-28(26-15-5-2-6-16-26)36(27)38-31-21-9-7-19-29(31)37-30-20-8-10-23-33(30)39-34-24-12-22-32(38)35(34)37/h1-24H. The van der Waals surface area contributed by atoms with Crippen LogP contribution in [0.1, 0.15) is 0 Å². The lowest BCUT2D eigenvalue weighted by atomic mass is 9.34. The number of hydrogen-bond acceptors (Lipinski definition) is 2. The van der Waals surface area contributed by atoms with Gasteiger partial charge in [0, 0.05) is 22.5 Å². The third-order valence-corrected chi connectivity index (χ3v) is 7.94. The third kappa shape index (κ3) is 3.37. The highest BCUT2D eigenvalue weighted by molar-refractivity contribution is 6.99. The first kappa shape index (κ1) is 22.0. The summed E-state index contributed by atoms with van der Waals surface area (Å²) in [6.45, 7) is 0.109. The highest BCUT2D eigenvalue weighted by atomic mass is 16.5. The fraction of sp³-hybridized carbons (Fsp3) is 0. The van der Waals surface area contributed by atoms with Crippen LogP contribution in [0.15, 0.2) is 146 Å². The van der Waals surface area contributed by atoms with Gasteiger partial charge in [-0.25, -0.2) is 0 Å². The predicted molar refractivity (Wildman–Crippen MR) is 163 cm³/mol. The van der Waals surface area contributed by atoms with E-state index in [4.69, 9.17) is 4.74 Å². The van der Waals surface area contributed by atoms with E-state index in [0.717, 1.165) is 17.2 Å². The highest BCUT2D eigenvalue weighted by Crippen LogP contribution is 2.48. The second-order valence-corrected chi connectivity index (χ2v) is 10.1. The molecule has 0 atom stereocenters. The van der Waals surface area contributed by atoms with E-state index in [2.05, 4.69) is 150 Å². The molecule has 0 radical (unpaired) electrons. The summed E-state index contributed by atoms with van der Waals surface area (Å²) < 4.78 is 6.53. The van der Waals surface area contributed by atoms with Gasteiger partial charge in [0.15, 0.2) is 0 Å². The van der Waals surface area contributed by atoms with Crippen LogP contribution in [-0.2, 0) is 0 Å². The molecule has 39 heavy (non-hydrogen) atoms. The van der Waals surface area contributed by atoms with Crippen molar-refractivity contribution in [1.82, 2.24) is 0 Å². The van der Waals surface area contributed by atoms with E-state index >= 15 is 0 Å². The molecule has 0 fully saturated rings. The van der Waals surface area contributed by atoms with Gasteiger partial charge < -0.3 is 9.64 Å². The molecule has 2 aliphatic rings. The number of nitrogens with zero attached hydrogens (tertiary/aromatic N) is 1.